The molecule has 0 heterocycles. The number of anilines is 1. The molecule has 1 N–H and O–H groups in total. The fraction of sp³-hybridized carbons (Fsp3) is 0.538. The van der Waals surface area contributed by atoms with E-state index in [1.165, 1.54) is 29.7 Å². The summed E-state index contributed by atoms with van der Waals surface area (Å²) >= 11 is 0. The van der Waals surface area contributed by atoms with Crippen LogP contribution in [0.2, 0.25) is 0 Å². The van der Waals surface area contributed by atoms with Crippen molar-refractivity contribution in [2.45, 2.75) is 46.6 Å². The number of rotatable bonds is 4. The summed E-state index contributed by atoms with van der Waals surface area (Å²) in [6, 6.07) is 7.05. The number of benzene rings is 1. The Balaban J connectivity index is 2.80. The van der Waals surface area contributed by atoms with E-state index in [1.54, 1.807) is 0 Å². The van der Waals surface area contributed by atoms with Gasteiger partial charge in [-0.2, -0.15) is 0 Å². The zero-order chi connectivity index (χ0) is 10.6. The maximum absolute atomic E-state index is 3.59. The molecule has 0 spiro atoms. The van der Waals surface area contributed by atoms with Gasteiger partial charge in [-0.1, -0.05) is 26.0 Å². The molecule has 0 atom stereocenters. The molecule has 78 valence electrons. The van der Waals surface area contributed by atoms with Crippen molar-refractivity contribution >= 4 is 5.69 Å². The lowest BCUT2D eigenvalue weighted by Crippen LogP contribution is -2.17. The minimum atomic E-state index is 0.607. The van der Waals surface area contributed by atoms with E-state index in [4.69, 9.17) is 0 Å². The maximum atomic E-state index is 3.59. The van der Waals surface area contributed by atoms with E-state index in [2.05, 4.69) is 51.2 Å². The van der Waals surface area contributed by atoms with E-state index < -0.39 is 0 Å². The lowest BCUT2D eigenvalue weighted by atomic mass is 10.1. The SMILES string of the molecule is CCC(CC)Nc1cccc(C)c1C. The smallest absolute Gasteiger partial charge is 0.0374 e. The van der Waals surface area contributed by atoms with Crippen LogP contribution in [0, 0.1) is 13.8 Å². The quantitative estimate of drug-likeness (QED) is 0.761. The van der Waals surface area contributed by atoms with Crippen LogP contribution in [0.1, 0.15) is 37.8 Å². The highest BCUT2D eigenvalue weighted by Crippen LogP contribution is 2.19. The van der Waals surface area contributed by atoms with Crippen molar-refractivity contribution in [2.75, 3.05) is 5.32 Å². The Bertz CT molecular complexity index is 287. The predicted molar refractivity (Wildman–Crippen MR) is 63.9 cm³/mol. The zero-order valence-electron chi connectivity index (χ0n) is 9.72. The van der Waals surface area contributed by atoms with Crippen LogP contribution >= 0.6 is 0 Å². The first-order chi connectivity index (χ1) is 6.69. The Morgan fingerprint density at radius 1 is 1.14 bits per heavy atom. The first-order valence-electron chi connectivity index (χ1n) is 5.51. The van der Waals surface area contributed by atoms with Crippen molar-refractivity contribution in [3.05, 3.63) is 29.3 Å². The van der Waals surface area contributed by atoms with Crippen LogP contribution in [-0.4, -0.2) is 6.04 Å². The third kappa shape index (κ3) is 2.50. The number of nitrogens with one attached hydrogen (secondary N) is 1. The van der Waals surface area contributed by atoms with E-state index in [-0.39, 0.29) is 0 Å². The minimum Gasteiger partial charge on any atom is -0.382 e. The molecular weight excluding hydrogens is 170 g/mol. The average Bonchev–Trinajstić information content (AvgIpc) is 2.20. The molecular formula is C13H21N. The van der Waals surface area contributed by atoms with Gasteiger partial charge in [0.05, 0.1) is 0 Å². The van der Waals surface area contributed by atoms with Crippen molar-refractivity contribution in [2.24, 2.45) is 0 Å². The average molecular weight is 191 g/mol. The normalized spacial score (nSPS) is 10.6. The maximum Gasteiger partial charge on any atom is 0.0374 e. The minimum absolute atomic E-state index is 0.607. The first kappa shape index (κ1) is 11.1. The standard InChI is InChI=1S/C13H21N/c1-5-12(6-2)14-13-9-7-8-10(3)11(13)4/h7-9,12,14H,5-6H2,1-4H3. The summed E-state index contributed by atoms with van der Waals surface area (Å²) in [6.45, 7) is 8.80. The molecule has 0 amide bonds. The topological polar surface area (TPSA) is 12.0 Å². The molecule has 0 aliphatic rings. The highest BCUT2D eigenvalue weighted by atomic mass is 14.9. The molecule has 1 rings (SSSR count). The molecule has 0 bridgehead atoms. The number of aryl methyl sites for hydroxylation is 1. The van der Waals surface area contributed by atoms with Gasteiger partial charge in [0.1, 0.15) is 0 Å². The van der Waals surface area contributed by atoms with Crippen LogP contribution in [0.5, 0.6) is 0 Å². The molecule has 0 saturated carbocycles. The molecule has 0 aliphatic heterocycles. The molecule has 0 saturated heterocycles. The molecule has 1 aromatic rings. The molecule has 1 aromatic carbocycles. The molecule has 0 unspecified atom stereocenters. The highest BCUT2D eigenvalue weighted by molar-refractivity contribution is 5.54. The summed E-state index contributed by atoms with van der Waals surface area (Å²) in [5, 5.41) is 3.59. The summed E-state index contributed by atoms with van der Waals surface area (Å²) in [5.74, 6) is 0. The second-order valence-electron chi connectivity index (χ2n) is 3.91. The van der Waals surface area contributed by atoms with Gasteiger partial charge in [-0.15, -0.1) is 0 Å². The summed E-state index contributed by atoms with van der Waals surface area (Å²) < 4.78 is 0. The monoisotopic (exact) mass is 191 g/mol. The predicted octanol–water partition coefficient (Wildman–Crippen LogP) is 3.90. The fourth-order valence-corrected chi connectivity index (χ4v) is 1.62. The lowest BCUT2D eigenvalue weighted by molar-refractivity contribution is 0.671. The largest absolute Gasteiger partial charge is 0.382 e. The fourth-order valence-electron chi connectivity index (χ4n) is 1.62. The van der Waals surface area contributed by atoms with Gasteiger partial charge in [0.25, 0.3) is 0 Å². The summed E-state index contributed by atoms with van der Waals surface area (Å²) in [6.07, 6.45) is 2.37. The van der Waals surface area contributed by atoms with Crippen LogP contribution in [0.15, 0.2) is 18.2 Å². The van der Waals surface area contributed by atoms with Gasteiger partial charge in [-0.25, -0.2) is 0 Å². The molecule has 0 aliphatic carbocycles. The molecule has 0 radical (unpaired) electrons. The zero-order valence-corrected chi connectivity index (χ0v) is 9.72. The second-order valence-corrected chi connectivity index (χ2v) is 3.91. The van der Waals surface area contributed by atoms with Gasteiger partial charge in [-0.05, 0) is 43.9 Å². The van der Waals surface area contributed by atoms with Crippen molar-refractivity contribution in [3.8, 4) is 0 Å². The van der Waals surface area contributed by atoms with Gasteiger partial charge >= 0.3 is 0 Å². The van der Waals surface area contributed by atoms with Crippen LogP contribution in [-0.2, 0) is 0 Å². The number of hydrogen-bond donors (Lipinski definition) is 1. The second kappa shape index (κ2) is 5.04. The third-order valence-corrected chi connectivity index (χ3v) is 2.95. The summed E-state index contributed by atoms with van der Waals surface area (Å²) in [7, 11) is 0. The van der Waals surface area contributed by atoms with Gasteiger partial charge < -0.3 is 5.32 Å². The van der Waals surface area contributed by atoms with Crippen molar-refractivity contribution in [1.82, 2.24) is 0 Å². The van der Waals surface area contributed by atoms with Crippen molar-refractivity contribution in [3.63, 3.8) is 0 Å². The van der Waals surface area contributed by atoms with Crippen LogP contribution < -0.4 is 5.32 Å². The molecule has 1 heteroatoms. The Morgan fingerprint density at radius 2 is 1.79 bits per heavy atom. The lowest BCUT2D eigenvalue weighted by Gasteiger charge is -2.18. The van der Waals surface area contributed by atoms with Gasteiger partial charge in [-0.3, -0.25) is 0 Å². The van der Waals surface area contributed by atoms with E-state index in [0.29, 0.717) is 6.04 Å². The number of hydrogen-bond acceptors (Lipinski definition) is 1. The molecule has 14 heavy (non-hydrogen) atoms. The van der Waals surface area contributed by atoms with E-state index in [9.17, 15) is 0 Å². The Morgan fingerprint density at radius 3 is 2.36 bits per heavy atom. The van der Waals surface area contributed by atoms with Crippen LogP contribution in [0.4, 0.5) is 5.69 Å². The van der Waals surface area contributed by atoms with Gasteiger partial charge in [0.2, 0.25) is 0 Å². The van der Waals surface area contributed by atoms with E-state index in [0.717, 1.165) is 0 Å². The van der Waals surface area contributed by atoms with Crippen molar-refractivity contribution in [1.29, 1.82) is 0 Å². The molecule has 0 fully saturated rings. The Kier molecular flexibility index (Phi) is 3.99. The molecule has 1 nitrogen and oxygen atoms in total. The molecule has 0 aromatic heterocycles. The van der Waals surface area contributed by atoms with Crippen LogP contribution in [0.25, 0.3) is 0 Å². The highest BCUT2D eigenvalue weighted by Gasteiger charge is 2.05. The Hall–Kier alpha value is -0.980. The first-order valence-corrected chi connectivity index (χ1v) is 5.51. The third-order valence-electron chi connectivity index (χ3n) is 2.95. The van der Waals surface area contributed by atoms with Crippen molar-refractivity contribution < 1.29 is 0 Å². The van der Waals surface area contributed by atoms with Gasteiger partial charge in [0, 0.05) is 11.7 Å². The van der Waals surface area contributed by atoms with Crippen LogP contribution in [0.3, 0.4) is 0 Å². The summed E-state index contributed by atoms with van der Waals surface area (Å²) in [5.41, 5.74) is 4.03. The van der Waals surface area contributed by atoms with E-state index in [1.807, 2.05) is 0 Å². The summed E-state index contributed by atoms with van der Waals surface area (Å²) in [4.78, 5) is 0. The Labute approximate surface area is 87.5 Å². The van der Waals surface area contributed by atoms with E-state index >= 15 is 0 Å². The van der Waals surface area contributed by atoms with Gasteiger partial charge in [0.15, 0.2) is 0 Å².